The molecule has 1 aliphatic rings. The summed E-state index contributed by atoms with van der Waals surface area (Å²) in [4.78, 5) is 12.7. The number of carbonyl (C=O) groups excluding carboxylic acids is 1. The molecule has 0 aliphatic carbocycles. The van der Waals surface area contributed by atoms with Crippen LogP contribution in [0.2, 0.25) is 0 Å². The first kappa shape index (κ1) is 21.9. The monoisotopic (exact) mass is 391 g/mol. The highest BCUT2D eigenvalue weighted by atomic mass is 16.5. The van der Waals surface area contributed by atoms with Crippen LogP contribution in [0.15, 0.2) is 30.4 Å². The second kappa shape index (κ2) is 9.73. The Bertz CT molecular complexity index is 745. The number of nitrogens with one attached hydrogen (secondary N) is 1. The second-order valence-corrected chi connectivity index (χ2v) is 7.03. The van der Waals surface area contributed by atoms with Crippen LogP contribution in [0.4, 0.5) is 5.69 Å². The van der Waals surface area contributed by atoms with Crippen LogP contribution in [-0.4, -0.2) is 57.4 Å². The predicted octanol–water partition coefficient (Wildman–Crippen LogP) is 2.06. The predicted molar refractivity (Wildman–Crippen MR) is 107 cm³/mol. The van der Waals surface area contributed by atoms with Gasteiger partial charge in [-0.25, -0.2) is 4.79 Å². The number of ether oxygens (including phenoxy) is 1. The highest BCUT2D eigenvalue weighted by molar-refractivity contribution is 5.97. The van der Waals surface area contributed by atoms with Crippen molar-refractivity contribution in [1.82, 2.24) is 0 Å². The maximum absolute atomic E-state index is 12.7. The Kier molecular flexibility index (Phi) is 7.62. The second-order valence-electron chi connectivity index (χ2n) is 7.03. The van der Waals surface area contributed by atoms with Crippen LogP contribution >= 0.6 is 0 Å². The van der Waals surface area contributed by atoms with Crippen molar-refractivity contribution in [2.45, 2.75) is 51.6 Å². The number of aliphatic hydroxyl groups is 3. The van der Waals surface area contributed by atoms with Gasteiger partial charge in [0.15, 0.2) is 0 Å². The van der Waals surface area contributed by atoms with E-state index in [9.17, 15) is 25.2 Å². The van der Waals surface area contributed by atoms with Crippen molar-refractivity contribution in [1.29, 1.82) is 0 Å². The Hall–Kier alpha value is -2.35. The molecule has 0 saturated heterocycles. The van der Waals surface area contributed by atoms with Gasteiger partial charge in [0.05, 0.1) is 6.10 Å². The van der Waals surface area contributed by atoms with Crippen molar-refractivity contribution >= 4 is 17.7 Å². The Morgan fingerprint density at radius 1 is 1.18 bits per heavy atom. The molecule has 28 heavy (non-hydrogen) atoms. The topological polar surface area (TPSA) is 119 Å². The van der Waals surface area contributed by atoms with Crippen molar-refractivity contribution in [2.75, 3.05) is 11.9 Å². The van der Waals surface area contributed by atoms with E-state index in [4.69, 9.17) is 4.74 Å². The Balaban J connectivity index is 2.48. The van der Waals surface area contributed by atoms with Gasteiger partial charge < -0.3 is 30.5 Å². The van der Waals surface area contributed by atoms with Gasteiger partial charge in [-0.15, -0.1) is 0 Å². The number of fused-ring (bicyclic) bond motifs is 1. The lowest BCUT2D eigenvalue weighted by atomic mass is 9.99. The smallest absolute Gasteiger partial charge is 0.342 e. The molecule has 1 aliphatic heterocycles. The summed E-state index contributed by atoms with van der Waals surface area (Å²) in [5.41, 5.74) is 1.10. The molecule has 1 unspecified atom stereocenters. The summed E-state index contributed by atoms with van der Waals surface area (Å²) < 4.78 is 5.50. The molecule has 0 fully saturated rings. The number of anilines is 1. The lowest BCUT2D eigenvalue weighted by Crippen LogP contribution is -2.36. The van der Waals surface area contributed by atoms with E-state index in [0.29, 0.717) is 17.8 Å². The summed E-state index contributed by atoms with van der Waals surface area (Å²) in [7, 11) is 0. The minimum atomic E-state index is -1.35. The van der Waals surface area contributed by atoms with Crippen LogP contribution in [0.1, 0.15) is 43.1 Å². The van der Waals surface area contributed by atoms with Gasteiger partial charge in [-0.2, -0.15) is 0 Å². The zero-order valence-electron chi connectivity index (χ0n) is 16.4. The fourth-order valence-electron chi connectivity index (χ4n) is 2.90. The lowest BCUT2D eigenvalue weighted by molar-refractivity contribution is -0.0395. The van der Waals surface area contributed by atoms with E-state index in [1.165, 1.54) is 12.1 Å². The van der Waals surface area contributed by atoms with Gasteiger partial charge in [0.25, 0.3) is 0 Å². The van der Waals surface area contributed by atoms with Crippen molar-refractivity contribution in [3.63, 3.8) is 0 Å². The number of aromatic hydroxyl groups is 1. The first-order chi connectivity index (χ1) is 13.2. The lowest BCUT2D eigenvalue weighted by Gasteiger charge is -2.22. The third-order valence-electron chi connectivity index (χ3n) is 4.80. The van der Waals surface area contributed by atoms with E-state index < -0.39 is 30.4 Å². The molecule has 0 amide bonds. The number of benzene rings is 1. The summed E-state index contributed by atoms with van der Waals surface area (Å²) >= 11 is 0. The van der Waals surface area contributed by atoms with E-state index in [-0.39, 0.29) is 23.7 Å². The van der Waals surface area contributed by atoms with Crippen LogP contribution in [-0.2, 0) is 4.74 Å². The molecule has 5 N–H and O–H groups in total. The Morgan fingerprint density at radius 3 is 2.57 bits per heavy atom. The van der Waals surface area contributed by atoms with E-state index in [2.05, 4.69) is 5.32 Å². The summed E-state index contributed by atoms with van der Waals surface area (Å²) in [5, 5.41) is 43.7. The first-order valence-corrected chi connectivity index (χ1v) is 9.45. The van der Waals surface area contributed by atoms with Crippen molar-refractivity contribution in [3.05, 3.63) is 41.5 Å². The van der Waals surface area contributed by atoms with Gasteiger partial charge in [0.1, 0.15) is 29.6 Å². The molecule has 0 spiro atoms. The number of phenols is 1. The molecule has 2 rings (SSSR count). The Labute approximate surface area is 165 Å². The SMILES string of the molecule is CCNc1cc(O)c2c(c1)/C=C/C[C@H](O)[C@@H](O)C(O)/C=C/[C@@H](C)[C@H](C)OC2=O. The van der Waals surface area contributed by atoms with Crippen molar-refractivity contribution < 1.29 is 30.0 Å². The average Bonchev–Trinajstić information content (AvgIpc) is 2.64. The molecule has 1 aromatic carbocycles. The number of carbonyl (C=O) groups is 1. The van der Waals surface area contributed by atoms with Crippen molar-refractivity contribution in [3.8, 4) is 5.75 Å². The fraction of sp³-hybridized carbons (Fsp3) is 0.476. The number of phenolic OH excluding ortho intramolecular Hbond substituents is 1. The quantitative estimate of drug-likeness (QED) is 0.387. The van der Waals surface area contributed by atoms with Gasteiger partial charge in [-0.1, -0.05) is 31.2 Å². The summed E-state index contributed by atoms with van der Waals surface area (Å²) in [6.07, 6.45) is 1.89. The molecule has 0 aromatic heterocycles. The number of cyclic esters (lactones) is 1. The third-order valence-corrected chi connectivity index (χ3v) is 4.80. The summed E-state index contributed by atoms with van der Waals surface area (Å²) in [5.74, 6) is -1.12. The average molecular weight is 391 g/mol. The van der Waals surface area contributed by atoms with Crippen LogP contribution in [0.3, 0.4) is 0 Å². The van der Waals surface area contributed by atoms with E-state index in [1.54, 1.807) is 38.1 Å². The maximum Gasteiger partial charge on any atom is 0.342 e. The molecule has 0 saturated carbocycles. The van der Waals surface area contributed by atoms with Gasteiger partial charge in [0.2, 0.25) is 0 Å². The van der Waals surface area contributed by atoms with Crippen LogP contribution in [0.25, 0.3) is 6.08 Å². The highest BCUT2D eigenvalue weighted by Crippen LogP contribution is 2.30. The molecule has 0 bridgehead atoms. The molecular weight excluding hydrogens is 362 g/mol. The maximum atomic E-state index is 12.7. The standard InChI is InChI=1S/C21H29NO6/c1-4-22-15-10-14-6-5-7-16(23)20(26)17(24)9-8-12(2)13(3)28-21(27)19(14)18(25)11-15/h5-6,8-13,16-17,20,22-26H,4,7H2,1-3H3/b6-5+,9-8+/t12-,13+,16+,17?,20-/m1/s1. The van der Waals surface area contributed by atoms with Gasteiger partial charge >= 0.3 is 5.97 Å². The number of aliphatic hydroxyl groups excluding tert-OH is 3. The molecule has 7 heteroatoms. The number of hydrogen-bond donors (Lipinski definition) is 5. The van der Waals surface area contributed by atoms with Crippen LogP contribution < -0.4 is 5.32 Å². The highest BCUT2D eigenvalue weighted by Gasteiger charge is 2.25. The zero-order chi connectivity index (χ0) is 20.8. The molecular formula is C21H29NO6. The van der Waals surface area contributed by atoms with E-state index in [1.807, 2.05) is 6.92 Å². The zero-order valence-corrected chi connectivity index (χ0v) is 16.4. The number of esters is 1. The fourth-order valence-corrected chi connectivity index (χ4v) is 2.90. The van der Waals surface area contributed by atoms with Crippen molar-refractivity contribution in [2.24, 2.45) is 5.92 Å². The van der Waals surface area contributed by atoms with Gasteiger partial charge in [0, 0.05) is 24.2 Å². The first-order valence-electron chi connectivity index (χ1n) is 9.45. The van der Waals surface area contributed by atoms with E-state index in [0.717, 1.165) is 0 Å². The number of hydrogen-bond acceptors (Lipinski definition) is 7. The molecule has 5 atom stereocenters. The molecule has 7 nitrogen and oxygen atoms in total. The minimum Gasteiger partial charge on any atom is -0.507 e. The van der Waals surface area contributed by atoms with Crippen LogP contribution in [0, 0.1) is 5.92 Å². The van der Waals surface area contributed by atoms with Gasteiger partial charge in [-0.05, 0) is 31.9 Å². The third kappa shape index (κ3) is 5.34. The van der Waals surface area contributed by atoms with Crippen LogP contribution in [0.5, 0.6) is 5.75 Å². The van der Waals surface area contributed by atoms with E-state index >= 15 is 0 Å². The van der Waals surface area contributed by atoms with Gasteiger partial charge in [-0.3, -0.25) is 0 Å². The minimum absolute atomic E-state index is 0.0352. The Morgan fingerprint density at radius 2 is 1.89 bits per heavy atom. The molecule has 1 heterocycles. The normalized spacial score (nSPS) is 31.2. The summed E-state index contributed by atoms with van der Waals surface area (Å²) in [6, 6.07) is 3.16. The molecule has 1 aromatic rings. The largest absolute Gasteiger partial charge is 0.507 e. The molecule has 154 valence electrons. The number of rotatable bonds is 2. The molecule has 0 radical (unpaired) electrons. The summed E-state index contributed by atoms with van der Waals surface area (Å²) in [6.45, 7) is 6.05.